The highest BCUT2D eigenvalue weighted by Gasteiger charge is 2.63. The highest BCUT2D eigenvalue weighted by molar-refractivity contribution is 6.06. The Morgan fingerprint density at radius 1 is 0.900 bits per heavy atom. The van der Waals surface area contributed by atoms with Crippen molar-refractivity contribution >= 4 is 11.8 Å². The minimum Gasteiger partial charge on any atom is -0.296 e. The van der Waals surface area contributed by atoms with E-state index in [4.69, 9.17) is 0 Å². The van der Waals surface area contributed by atoms with Crippen LogP contribution >= 0.6 is 0 Å². The largest absolute Gasteiger partial charge is 0.296 e. The van der Waals surface area contributed by atoms with Gasteiger partial charge in [0.05, 0.1) is 11.8 Å². The fourth-order valence-corrected chi connectivity index (χ4v) is 5.44. The van der Waals surface area contributed by atoms with Gasteiger partial charge >= 0.3 is 0 Å². The summed E-state index contributed by atoms with van der Waals surface area (Å²) in [5.74, 6) is 0.783. The summed E-state index contributed by atoms with van der Waals surface area (Å²) in [5.41, 5.74) is 0. The first-order valence-corrected chi connectivity index (χ1v) is 8.27. The normalized spacial score (nSPS) is 42.4. The molecular formula is C16H24N2O2. The lowest BCUT2D eigenvalue weighted by Gasteiger charge is -2.36. The number of carbonyl (C=O) groups excluding carboxylic acids is 2. The van der Waals surface area contributed by atoms with Crippen LogP contribution in [0.15, 0.2) is 0 Å². The van der Waals surface area contributed by atoms with Gasteiger partial charge in [-0.25, -0.2) is 0 Å². The van der Waals surface area contributed by atoms with Gasteiger partial charge in [0.25, 0.3) is 0 Å². The Kier molecular flexibility index (Phi) is 2.92. The zero-order valence-corrected chi connectivity index (χ0v) is 12.3. The molecule has 110 valence electrons. The molecule has 0 N–H and O–H groups in total. The van der Waals surface area contributed by atoms with Crippen LogP contribution < -0.4 is 0 Å². The first kappa shape index (κ1) is 12.8. The monoisotopic (exact) mass is 276 g/mol. The Morgan fingerprint density at radius 3 is 2.35 bits per heavy atom. The third kappa shape index (κ3) is 1.57. The number of fused-ring (bicyclic) bond motifs is 3. The van der Waals surface area contributed by atoms with Crippen molar-refractivity contribution in [3.05, 3.63) is 0 Å². The van der Waals surface area contributed by atoms with E-state index in [0.29, 0.717) is 18.0 Å². The van der Waals surface area contributed by atoms with Crippen molar-refractivity contribution in [2.24, 2.45) is 17.8 Å². The molecule has 20 heavy (non-hydrogen) atoms. The van der Waals surface area contributed by atoms with Crippen molar-refractivity contribution in [3.63, 3.8) is 0 Å². The SMILES string of the molecule is CN1C(=O)C2C(C1=O)C(C1CCCCC1)N1CCCC21. The summed E-state index contributed by atoms with van der Waals surface area (Å²) in [4.78, 5) is 29.0. The minimum atomic E-state index is -0.0269. The Morgan fingerprint density at radius 2 is 1.60 bits per heavy atom. The van der Waals surface area contributed by atoms with Crippen LogP contribution in [0.4, 0.5) is 0 Å². The molecule has 4 fully saturated rings. The van der Waals surface area contributed by atoms with Gasteiger partial charge in [-0.2, -0.15) is 0 Å². The summed E-state index contributed by atoms with van der Waals surface area (Å²) in [6.07, 6.45) is 8.75. The molecule has 0 bridgehead atoms. The first-order chi connectivity index (χ1) is 9.70. The summed E-state index contributed by atoms with van der Waals surface area (Å²) in [6, 6.07) is 0.711. The van der Waals surface area contributed by atoms with Crippen LogP contribution in [-0.2, 0) is 9.59 Å². The number of nitrogens with zero attached hydrogens (tertiary/aromatic N) is 2. The number of hydrogen-bond donors (Lipinski definition) is 0. The standard InChI is InChI=1S/C16H24N2O2/c1-17-15(19)12-11-8-5-9-18(11)14(13(12)16(17)20)10-6-3-2-4-7-10/h10-14H,2-9H2,1H3. The van der Waals surface area contributed by atoms with E-state index < -0.39 is 0 Å². The van der Waals surface area contributed by atoms with E-state index in [2.05, 4.69) is 4.90 Å². The second-order valence-corrected chi connectivity index (χ2v) is 7.12. The van der Waals surface area contributed by atoms with Crippen molar-refractivity contribution in [1.82, 2.24) is 9.80 Å². The molecule has 0 spiro atoms. The molecule has 4 atom stereocenters. The number of likely N-dealkylation sites (tertiary alicyclic amines) is 1. The summed E-state index contributed by atoms with van der Waals surface area (Å²) in [5, 5.41) is 0. The van der Waals surface area contributed by atoms with E-state index in [0.717, 1.165) is 13.0 Å². The molecule has 3 heterocycles. The molecule has 0 aromatic heterocycles. The zero-order valence-electron chi connectivity index (χ0n) is 12.3. The minimum absolute atomic E-state index is 0.0260. The molecule has 4 heteroatoms. The maximum Gasteiger partial charge on any atom is 0.234 e. The van der Waals surface area contributed by atoms with Gasteiger partial charge < -0.3 is 0 Å². The number of imide groups is 1. The Labute approximate surface area is 120 Å². The lowest BCUT2D eigenvalue weighted by molar-refractivity contribution is -0.140. The molecule has 0 aromatic carbocycles. The predicted octanol–water partition coefficient (Wildman–Crippen LogP) is 1.64. The maximum absolute atomic E-state index is 12.6. The van der Waals surface area contributed by atoms with Crippen LogP contribution in [0.1, 0.15) is 44.9 Å². The molecule has 1 saturated carbocycles. The number of rotatable bonds is 1. The van der Waals surface area contributed by atoms with E-state index in [-0.39, 0.29) is 23.7 Å². The van der Waals surface area contributed by atoms with E-state index in [1.807, 2.05) is 0 Å². The molecule has 3 aliphatic heterocycles. The number of hydrogen-bond acceptors (Lipinski definition) is 3. The topological polar surface area (TPSA) is 40.6 Å². The summed E-state index contributed by atoms with van der Waals surface area (Å²) < 4.78 is 0. The van der Waals surface area contributed by atoms with Gasteiger partial charge in [0.2, 0.25) is 11.8 Å². The summed E-state index contributed by atoms with van der Waals surface area (Å²) in [7, 11) is 1.68. The van der Waals surface area contributed by atoms with Crippen LogP contribution in [-0.4, -0.2) is 47.3 Å². The van der Waals surface area contributed by atoms with E-state index in [1.165, 1.54) is 43.4 Å². The molecule has 4 aliphatic rings. The Balaban J connectivity index is 1.69. The summed E-state index contributed by atoms with van der Waals surface area (Å²) in [6.45, 7) is 1.10. The van der Waals surface area contributed by atoms with Crippen molar-refractivity contribution in [2.75, 3.05) is 13.6 Å². The van der Waals surface area contributed by atoms with Crippen molar-refractivity contribution in [1.29, 1.82) is 0 Å². The maximum atomic E-state index is 12.6. The van der Waals surface area contributed by atoms with Gasteiger partial charge in [0, 0.05) is 19.1 Å². The Hall–Kier alpha value is -0.900. The number of amides is 2. The van der Waals surface area contributed by atoms with Gasteiger partial charge in [-0.3, -0.25) is 19.4 Å². The van der Waals surface area contributed by atoms with Crippen LogP contribution in [0.5, 0.6) is 0 Å². The van der Waals surface area contributed by atoms with Gasteiger partial charge in [0.1, 0.15) is 0 Å². The summed E-state index contributed by atoms with van der Waals surface area (Å²) >= 11 is 0. The third-order valence-electron chi connectivity index (χ3n) is 6.26. The number of carbonyl (C=O) groups is 2. The smallest absolute Gasteiger partial charge is 0.234 e. The fourth-order valence-electron chi connectivity index (χ4n) is 5.44. The average molecular weight is 276 g/mol. The molecular weight excluding hydrogens is 252 g/mol. The Bertz CT molecular complexity index is 444. The highest BCUT2D eigenvalue weighted by atomic mass is 16.2. The van der Waals surface area contributed by atoms with Crippen molar-refractivity contribution < 1.29 is 9.59 Å². The predicted molar refractivity (Wildman–Crippen MR) is 74.8 cm³/mol. The van der Waals surface area contributed by atoms with Crippen LogP contribution in [0.3, 0.4) is 0 Å². The van der Waals surface area contributed by atoms with E-state index in [1.54, 1.807) is 7.05 Å². The molecule has 4 unspecified atom stereocenters. The van der Waals surface area contributed by atoms with E-state index in [9.17, 15) is 9.59 Å². The van der Waals surface area contributed by atoms with Crippen molar-refractivity contribution in [3.8, 4) is 0 Å². The van der Waals surface area contributed by atoms with Gasteiger partial charge in [0.15, 0.2) is 0 Å². The molecule has 0 aromatic rings. The van der Waals surface area contributed by atoms with Gasteiger partial charge in [-0.1, -0.05) is 19.3 Å². The molecule has 4 nitrogen and oxygen atoms in total. The first-order valence-electron chi connectivity index (χ1n) is 8.27. The highest BCUT2D eigenvalue weighted by Crippen LogP contribution is 2.50. The second-order valence-electron chi connectivity index (χ2n) is 7.12. The molecule has 1 aliphatic carbocycles. The van der Waals surface area contributed by atoms with Gasteiger partial charge in [-0.05, 0) is 38.1 Å². The van der Waals surface area contributed by atoms with Crippen LogP contribution in [0.25, 0.3) is 0 Å². The quantitative estimate of drug-likeness (QED) is 0.684. The van der Waals surface area contributed by atoms with Crippen LogP contribution in [0, 0.1) is 17.8 Å². The third-order valence-corrected chi connectivity index (χ3v) is 6.26. The molecule has 2 amide bonds. The van der Waals surface area contributed by atoms with Crippen molar-refractivity contribution in [2.45, 2.75) is 57.0 Å². The average Bonchev–Trinajstić information content (AvgIpc) is 3.09. The lowest BCUT2D eigenvalue weighted by Crippen LogP contribution is -2.45. The fraction of sp³-hybridized carbons (Fsp3) is 0.875. The molecule has 4 rings (SSSR count). The molecule has 3 saturated heterocycles. The van der Waals surface area contributed by atoms with Crippen LogP contribution in [0.2, 0.25) is 0 Å². The zero-order chi connectivity index (χ0) is 13.9. The van der Waals surface area contributed by atoms with E-state index >= 15 is 0 Å². The lowest BCUT2D eigenvalue weighted by atomic mass is 9.76. The second kappa shape index (κ2) is 4.55. The molecule has 0 radical (unpaired) electrons. The van der Waals surface area contributed by atoms with Gasteiger partial charge in [-0.15, -0.1) is 0 Å².